The molecule has 0 saturated heterocycles. The maximum Gasteiger partial charge on any atom is 0.266 e. The summed E-state index contributed by atoms with van der Waals surface area (Å²) in [6.07, 6.45) is 1.51. The van der Waals surface area contributed by atoms with Crippen LogP contribution in [0.15, 0.2) is 76.8 Å². The quantitative estimate of drug-likeness (QED) is 0.300. The average Bonchev–Trinajstić information content (AvgIpc) is 3.18. The summed E-state index contributed by atoms with van der Waals surface area (Å²) in [5, 5.41) is 17.7. The summed E-state index contributed by atoms with van der Waals surface area (Å²) >= 11 is 11.9. The van der Waals surface area contributed by atoms with Gasteiger partial charge >= 0.3 is 0 Å². The zero-order valence-electron chi connectivity index (χ0n) is 15.4. The van der Waals surface area contributed by atoms with Crippen molar-refractivity contribution in [2.45, 2.75) is 0 Å². The largest absolute Gasteiger partial charge is 0.355 e. The van der Waals surface area contributed by atoms with Crippen LogP contribution in [0.25, 0.3) is 28.3 Å². The number of nitriles is 1. The zero-order valence-corrected chi connectivity index (χ0v) is 16.9. The van der Waals surface area contributed by atoms with Gasteiger partial charge in [-0.3, -0.25) is 4.79 Å². The van der Waals surface area contributed by atoms with E-state index in [2.05, 4.69) is 10.5 Å². The number of halogens is 2. The molecule has 0 aliphatic carbocycles. The summed E-state index contributed by atoms with van der Waals surface area (Å²) in [6, 6.07) is 21.6. The average molecular weight is 434 g/mol. The number of aromatic nitrogens is 1. The van der Waals surface area contributed by atoms with E-state index in [9.17, 15) is 10.1 Å². The molecule has 7 heteroatoms. The van der Waals surface area contributed by atoms with E-state index in [1.54, 1.807) is 24.3 Å². The maximum absolute atomic E-state index is 12.5. The Morgan fingerprint density at radius 2 is 1.83 bits per heavy atom. The van der Waals surface area contributed by atoms with E-state index in [0.29, 0.717) is 32.6 Å². The van der Waals surface area contributed by atoms with Crippen molar-refractivity contribution in [1.29, 1.82) is 5.26 Å². The molecule has 0 radical (unpaired) electrons. The molecule has 4 aromatic rings. The van der Waals surface area contributed by atoms with Crippen molar-refractivity contribution in [3.8, 4) is 17.4 Å². The number of benzene rings is 3. The van der Waals surface area contributed by atoms with Crippen LogP contribution in [0, 0.1) is 11.3 Å². The predicted octanol–water partition coefficient (Wildman–Crippen LogP) is 6.35. The molecular weight excluding hydrogens is 421 g/mol. The van der Waals surface area contributed by atoms with Gasteiger partial charge in [-0.15, -0.1) is 0 Å². The van der Waals surface area contributed by atoms with E-state index < -0.39 is 5.91 Å². The lowest BCUT2D eigenvalue weighted by Gasteiger charge is -2.05. The summed E-state index contributed by atoms with van der Waals surface area (Å²) in [6.45, 7) is 0. The lowest BCUT2D eigenvalue weighted by Crippen LogP contribution is -2.13. The molecule has 1 N–H and O–H groups in total. The SMILES string of the molecule is N#C/C(=C\c1ccc2noc(-c3ccccc3)c2c1)C(=O)Nc1ccc(Cl)c(Cl)c1. The van der Waals surface area contributed by atoms with Crippen LogP contribution in [0.2, 0.25) is 10.0 Å². The molecule has 146 valence electrons. The molecule has 0 bridgehead atoms. The van der Waals surface area contributed by atoms with Crippen molar-refractivity contribution in [2.24, 2.45) is 0 Å². The second kappa shape index (κ2) is 8.42. The summed E-state index contributed by atoms with van der Waals surface area (Å²) in [4.78, 5) is 12.5. The van der Waals surface area contributed by atoms with E-state index >= 15 is 0 Å². The first-order valence-electron chi connectivity index (χ1n) is 8.88. The molecule has 0 spiro atoms. The lowest BCUT2D eigenvalue weighted by atomic mass is 10.0. The van der Waals surface area contributed by atoms with Crippen LogP contribution in [0.1, 0.15) is 5.56 Å². The Bertz CT molecular complexity index is 1320. The fourth-order valence-corrected chi connectivity index (χ4v) is 3.23. The van der Waals surface area contributed by atoms with Crippen molar-refractivity contribution in [1.82, 2.24) is 5.16 Å². The van der Waals surface area contributed by atoms with Gasteiger partial charge in [0.25, 0.3) is 5.91 Å². The fourth-order valence-electron chi connectivity index (χ4n) is 2.93. The smallest absolute Gasteiger partial charge is 0.266 e. The fraction of sp³-hybridized carbons (Fsp3) is 0. The molecule has 4 rings (SSSR count). The van der Waals surface area contributed by atoms with Gasteiger partial charge in [0.05, 0.1) is 15.4 Å². The monoisotopic (exact) mass is 433 g/mol. The summed E-state index contributed by atoms with van der Waals surface area (Å²) in [7, 11) is 0. The maximum atomic E-state index is 12.5. The number of fused-ring (bicyclic) bond motifs is 1. The van der Waals surface area contributed by atoms with Gasteiger partial charge in [0.2, 0.25) is 0 Å². The van der Waals surface area contributed by atoms with E-state index in [0.717, 1.165) is 10.9 Å². The lowest BCUT2D eigenvalue weighted by molar-refractivity contribution is -0.112. The van der Waals surface area contributed by atoms with Gasteiger partial charge in [-0.2, -0.15) is 5.26 Å². The van der Waals surface area contributed by atoms with Gasteiger partial charge in [0.15, 0.2) is 5.76 Å². The summed E-state index contributed by atoms with van der Waals surface area (Å²) in [5.74, 6) is 0.0733. The first kappa shape index (κ1) is 19.7. The van der Waals surface area contributed by atoms with Crippen molar-refractivity contribution in [2.75, 3.05) is 5.32 Å². The van der Waals surface area contributed by atoms with Gasteiger partial charge in [0, 0.05) is 11.3 Å². The molecule has 30 heavy (non-hydrogen) atoms. The highest BCUT2D eigenvalue weighted by Crippen LogP contribution is 2.30. The Hall–Kier alpha value is -3.59. The number of rotatable bonds is 4. The molecular formula is C23H13Cl2N3O2. The standard InChI is InChI=1S/C23H13Cl2N3O2/c24-19-8-7-17(12-20(19)25)27-23(29)16(13-26)10-14-6-9-21-18(11-14)22(30-28-21)15-4-2-1-3-5-15/h1-12H,(H,27,29)/b16-10+. The summed E-state index contributed by atoms with van der Waals surface area (Å²) < 4.78 is 5.50. The van der Waals surface area contributed by atoms with Crippen LogP contribution < -0.4 is 5.32 Å². The second-order valence-corrected chi connectivity index (χ2v) is 7.22. The molecule has 3 aromatic carbocycles. The predicted molar refractivity (Wildman–Crippen MR) is 118 cm³/mol. The zero-order chi connectivity index (χ0) is 21.1. The molecule has 0 unspecified atom stereocenters. The molecule has 0 atom stereocenters. The van der Waals surface area contributed by atoms with Crippen molar-refractivity contribution >= 4 is 51.8 Å². The number of nitrogens with one attached hydrogen (secondary N) is 1. The molecule has 0 aliphatic heterocycles. The third-order valence-electron chi connectivity index (χ3n) is 4.39. The van der Waals surface area contributed by atoms with E-state index in [1.165, 1.54) is 12.1 Å². The van der Waals surface area contributed by atoms with Crippen molar-refractivity contribution in [3.63, 3.8) is 0 Å². The highest BCUT2D eigenvalue weighted by molar-refractivity contribution is 6.42. The Morgan fingerprint density at radius 3 is 2.57 bits per heavy atom. The number of hydrogen-bond acceptors (Lipinski definition) is 4. The van der Waals surface area contributed by atoms with Gasteiger partial charge in [-0.25, -0.2) is 0 Å². The second-order valence-electron chi connectivity index (χ2n) is 6.41. The first-order valence-corrected chi connectivity index (χ1v) is 9.64. The number of nitrogens with zero attached hydrogens (tertiary/aromatic N) is 2. The van der Waals surface area contributed by atoms with Crippen LogP contribution in [0.4, 0.5) is 5.69 Å². The topological polar surface area (TPSA) is 78.9 Å². The third kappa shape index (κ3) is 4.06. The highest BCUT2D eigenvalue weighted by atomic mass is 35.5. The molecule has 1 aromatic heterocycles. The van der Waals surface area contributed by atoms with Crippen LogP contribution in [0.5, 0.6) is 0 Å². The normalized spacial score (nSPS) is 11.3. The van der Waals surface area contributed by atoms with E-state index in [-0.39, 0.29) is 5.57 Å². The molecule has 1 amide bonds. The minimum absolute atomic E-state index is 0.0573. The van der Waals surface area contributed by atoms with Gasteiger partial charge in [-0.05, 0) is 42.0 Å². The highest BCUT2D eigenvalue weighted by Gasteiger charge is 2.13. The number of anilines is 1. The van der Waals surface area contributed by atoms with Gasteiger partial charge in [0.1, 0.15) is 17.2 Å². The van der Waals surface area contributed by atoms with Crippen LogP contribution in [0.3, 0.4) is 0 Å². The van der Waals surface area contributed by atoms with Crippen molar-refractivity contribution < 1.29 is 9.32 Å². The first-order chi connectivity index (χ1) is 14.5. The third-order valence-corrected chi connectivity index (χ3v) is 5.13. The van der Waals surface area contributed by atoms with Crippen LogP contribution in [-0.4, -0.2) is 11.1 Å². The molecule has 0 saturated carbocycles. The Morgan fingerprint density at radius 1 is 1.03 bits per heavy atom. The Balaban J connectivity index is 1.65. The molecule has 5 nitrogen and oxygen atoms in total. The van der Waals surface area contributed by atoms with Crippen molar-refractivity contribution in [3.05, 3.63) is 87.9 Å². The van der Waals surface area contributed by atoms with E-state index in [4.69, 9.17) is 27.7 Å². The minimum Gasteiger partial charge on any atom is -0.355 e. The minimum atomic E-state index is -0.551. The Labute approximate surface area is 182 Å². The summed E-state index contributed by atoms with van der Waals surface area (Å²) in [5.41, 5.74) is 2.63. The molecule has 0 aliphatic rings. The van der Waals surface area contributed by atoms with Gasteiger partial charge < -0.3 is 9.84 Å². The number of hydrogen-bond donors (Lipinski definition) is 1. The number of carbonyl (C=O) groups is 1. The van der Waals surface area contributed by atoms with E-state index in [1.807, 2.05) is 42.5 Å². The Kier molecular flexibility index (Phi) is 5.53. The number of carbonyl (C=O) groups excluding carboxylic acids is 1. The molecule has 0 fully saturated rings. The van der Waals surface area contributed by atoms with Crippen LogP contribution in [-0.2, 0) is 4.79 Å². The molecule has 1 heterocycles. The number of amides is 1. The van der Waals surface area contributed by atoms with Crippen LogP contribution >= 0.6 is 23.2 Å². The van der Waals surface area contributed by atoms with Gasteiger partial charge in [-0.1, -0.05) is 64.8 Å².